The van der Waals surface area contributed by atoms with E-state index in [4.69, 9.17) is 0 Å². The average Bonchev–Trinajstić information content (AvgIpc) is 2.43. The predicted octanol–water partition coefficient (Wildman–Crippen LogP) is 4.39. The standard InChI is InChI=1S/C17H18F3NO2/c1-5-14(9-11(2)3)21-12(4)16(22)13-7-6-8-15(10-13)23-17(18,19)20/h5-10,12,21H,1-2H2,3-4H3/b14-9+. The first-order valence-electron chi connectivity index (χ1n) is 6.78. The monoisotopic (exact) mass is 325 g/mol. The highest BCUT2D eigenvalue weighted by molar-refractivity contribution is 6.00. The van der Waals surface area contributed by atoms with Crippen LogP contribution < -0.4 is 10.1 Å². The summed E-state index contributed by atoms with van der Waals surface area (Å²) in [7, 11) is 0. The fourth-order valence-corrected chi connectivity index (χ4v) is 1.84. The SMILES string of the molecule is C=C/C(=C\C(=C)C)NC(C)C(=O)c1cccc(OC(F)(F)F)c1. The fraction of sp³-hybridized carbons (Fsp3) is 0.235. The van der Waals surface area contributed by atoms with Gasteiger partial charge in [-0.2, -0.15) is 0 Å². The van der Waals surface area contributed by atoms with Crippen molar-refractivity contribution < 1.29 is 22.7 Å². The Bertz CT molecular complexity index is 633. The molecule has 1 aromatic rings. The second-order valence-electron chi connectivity index (χ2n) is 4.96. The van der Waals surface area contributed by atoms with Gasteiger partial charge >= 0.3 is 6.36 Å². The lowest BCUT2D eigenvalue weighted by Crippen LogP contribution is -2.33. The molecule has 0 aliphatic carbocycles. The molecule has 0 spiro atoms. The van der Waals surface area contributed by atoms with Crippen LogP contribution in [0.3, 0.4) is 0 Å². The molecule has 23 heavy (non-hydrogen) atoms. The molecule has 0 heterocycles. The Morgan fingerprint density at radius 3 is 2.57 bits per heavy atom. The number of carbonyl (C=O) groups excluding carboxylic acids is 1. The zero-order chi connectivity index (χ0) is 17.6. The van der Waals surface area contributed by atoms with E-state index in [0.717, 1.165) is 17.7 Å². The second kappa shape index (κ2) is 7.67. The summed E-state index contributed by atoms with van der Waals surface area (Å²) >= 11 is 0. The minimum absolute atomic E-state index is 0.116. The number of Topliss-reactive ketones (excluding diaryl/α,β-unsaturated/α-hetero) is 1. The van der Waals surface area contributed by atoms with Crippen LogP contribution in [0.5, 0.6) is 5.75 Å². The minimum Gasteiger partial charge on any atom is -0.406 e. The van der Waals surface area contributed by atoms with Crippen molar-refractivity contribution in [3.8, 4) is 5.75 Å². The third kappa shape index (κ3) is 6.42. The summed E-state index contributed by atoms with van der Waals surface area (Å²) in [5, 5.41) is 2.93. The summed E-state index contributed by atoms with van der Waals surface area (Å²) in [6, 6.07) is 4.31. The molecule has 1 atom stereocenters. The molecule has 0 aliphatic heterocycles. The molecular weight excluding hydrogens is 307 g/mol. The van der Waals surface area contributed by atoms with Crippen molar-refractivity contribution in [2.24, 2.45) is 0 Å². The molecule has 1 aromatic carbocycles. The lowest BCUT2D eigenvalue weighted by molar-refractivity contribution is -0.274. The van der Waals surface area contributed by atoms with Gasteiger partial charge in [-0.3, -0.25) is 4.79 Å². The summed E-state index contributed by atoms with van der Waals surface area (Å²) < 4.78 is 40.5. The fourth-order valence-electron chi connectivity index (χ4n) is 1.84. The molecule has 0 bridgehead atoms. The van der Waals surface area contributed by atoms with Gasteiger partial charge in [0.15, 0.2) is 5.78 Å². The number of allylic oxidation sites excluding steroid dienone is 3. The van der Waals surface area contributed by atoms with Gasteiger partial charge in [-0.1, -0.05) is 30.9 Å². The Kier molecular flexibility index (Phi) is 6.18. The Morgan fingerprint density at radius 1 is 1.39 bits per heavy atom. The van der Waals surface area contributed by atoms with Crippen LogP contribution in [0.4, 0.5) is 13.2 Å². The summed E-state index contributed by atoms with van der Waals surface area (Å²) in [5.74, 6) is -0.802. The molecule has 0 fully saturated rings. The van der Waals surface area contributed by atoms with E-state index < -0.39 is 18.2 Å². The number of alkyl halides is 3. The highest BCUT2D eigenvalue weighted by Gasteiger charge is 2.31. The summed E-state index contributed by atoms with van der Waals surface area (Å²) in [5.41, 5.74) is 1.49. The van der Waals surface area contributed by atoms with Crippen LogP contribution in [-0.2, 0) is 0 Å². The Morgan fingerprint density at radius 2 is 2.04 bits per heavy atom. The highest BCUT2D eigenvalue weighted by atomic mass is 19.4. The van der Waals surface area contributed by atoms with E-state index in [0.29, 0.717) is 5.70 Å². The number of hydrogen-bond donors (Lipinski definition) is 1. The molecule has 1 N–H and O–H groups in total. The van der Waals surface area contributed by atoms with E-state index in [1.54, 1.807) is 19.9 Å². The molecule has 0 saturated carbocycles. The van der Waals surface area contributed by atoms with Gasteiger partial charge in [-0.15, -0.1) is 13.2 Å². The average molecular weight is 325 g/mol. The van der Waals surface area contributed by atoms with Crippen molar-refractivity contribution in [2.45, 2.75) is 26.3 Å². The number of benzene rings is 1. The van der Waals surface area contributed by atoms with E-state index in [-0.39, 0.29) is 11.3 Å². The Labute approximate surface area is 133 Å². The van der Waals surface area contributed by atoms with E-state index in [2.05, 4.69) is 23.2 Å². The van der Waals surface area contributed by atoms with Crippen LogP contribution in [0, 0.1) is 0 Å². The predicted molar refractivity (Wildman–Crippen MR) is 83.1 cm³/mol. The van der Waals surface area contributed by atoms with Gasteiger partial charge in [0.2, 0.25) is 0 Å². The molecule has 0 saturated heterocycles. The minimum atomic E-state index is -4.80. The second-order valence-corrected chi connectivity index (χ2v) is 4.96. The topological polar surface area (TPSA) is 38.3 Å². The van der Waals surface area contributed by atoms with Gasteiger partial charge in [0.25, 0.3) is 0 Å². The summed E-state index contributed by atoms with van der Waals surface area (Å²) in [6.07, 6.45) is -1.56. The van der Waals surface area contributed by atoms with Crippen molar-refractivity contribution in [3.63, 3.8) is 0 Å². The van der Waals surface area contributed by atoms with Crippen LogP contribution in [0.2, 0.25) is 0 Å². The van der Waals surface area contributed by atoms with Gasteiger partial charge in [0.1, 0.15) is 5.75 Å². The number of rotatable bonds is 7. The smallest absolute Gasteiger partial charge is 0.406 e. The van der Waals surface area contributed by atoms with Crippen molar-refractivity contribution in [3.05, 3.63) is 66.4 Å². The third-order valence-electron chi connectivity index (χ3n) is 2.75. The Hall–Kier alpha value is -2.50. The van der Waals surface area contributed by atoms with Crippen LogP contribution >= 0.6 is 0 Å². The molecule has 124 valence electrons. The van der Waals surface area contributed by atoms with Crippen molar-refractivity contribution in [1.29, 1.82) is 0 Å². The molecule has 0 aliphatic rings. The number of carbonyl (C=O) groups is 1. The molecule has 3 nitrogen and oxygen atoms in total. The Balaban J connectivity index is 2.90. The normalized spacial score (nSPS) is 13.2. The molecule has 6 heteroatoms. The van der Waals surface area contributed by atoms with Crippen molar-refractivity contribution in [1.82, 2.24) is 5.32 Å². The van der Waals surface area contributed by atoms with E-state index in [9.17, 15) is 18.0 Å². The van der Waals surface area contributed by atoms with Gasteiger partial charge in [0.05, 0.1) is 6.04 Å². The lowest BCUT2D eigenvalue weighted by Gasteiger charge is -2.16. The maximum absolute atomic E-state index is 12.3. The zero-order valence-electron chi connectivity index (χ0n) is 12.9. The summed E-state index contributed by atoms with van der Waals surface area (Å²) in [6.45, 7) is 10.7. The van der Waals surface area contributed by atoms with Crippen molar-refractivity contribution >= 4 is 5.78 Å². The van der Waals surface area contributed by atoms with Gasteiger partial charge in [0, 0.05) is 11.3 Å². The van der Waals surface area contributed by atoms with E-state index in [1.165, 1.54) is 18.2 Å². The van der Waals surface area contributed by atoms with Gasteiger partial charge < -0.3 is 10.1 Å². The lowest BCUT2D eigenvalue weighted by atomic mass is 10.0. The molecule has 0 radical (unpaired) electrons. The molecular formula is C17H18F3NO2. The van der Waals surface area contributed by atoms with Crippen LogP contribution in [0.25, 0.3) is 0 Å². The maximum Gasteiger partial charge on any atom is 0.573 e. The van der Waals surface area contributed by atoms with Crippen LogP contribution in [0.1, 0.15) is 24.2 Å². The van der Waals surface area contributed by atoms with Gasteiger partial charge in [-0.05, 0) is 38.1 Å². The highest BCUT2D eigenvalue weighted by Crippen LogP contribution is 2.23. The molecule has 1 rings (SSSR count). The first-order chi connectivity index (χ1) is 10.6. The molecule has 0 aromatic heterocycles. The van der Waals surface area contributed by atoms with Crippen LogP contribution in [0.15, 0.2) is 60.8 Å². The van der Waals surface area contributed by atoms with Gasteiger partial charge in [-0.25, -0.2) is 0 Å². The number of ether oxygens (including phenoxy) is 1. The quantitative estimate of drug-likeness (QED) is 0.597. The zero-order valence-corrected chi connectivity index (χ0v) is 12.9. The largest absolute Gasteiger partial charge is 0.573 e. The van der Waals surface area contributed by atoms with E-state index >= 15 is 0 Å². The number of nitrogens with one attached hydrogen (secondary N) is 1. The first-order valence-corrected chi connectivity index (χ1v) is 6.78. The summed E-state index contributed by atoms with van der Waals surface area (Å²) in [4.78, 5) is 12.3. The number of ketones is 1. The van der Waals surface area contributed by atoms with Crippen LogP contribution in [-0.4, -0.2) is 18.2 Å². The number of hydrogen-bond acceptors (Lipinski definition) is 3. The first kappa shape index (κ1) is 18.5. The molecule has 0 amide bonds. The van der Waals surface area contributed by atoms with Crippen molar-refractivity contribution in [2.75, 3.05) is 0 Å². The van der Waals surface area contributed by atoms with E-state index in [1.807, 2.05) is 0 Å². The number of halogens is 3. The maximum atomic E-state index is 12.3. The molecule has 1 unspecified atom stereocenters. The third-order valence-corrected chi connectivity index (χ3v) is 2.75.